The van der Waals surface area contributed by atoms with Gasteiger partial charge in [-0.15, -0.1) is 5.10 Å². The lowest BCUT2D eigenvalue weighted by molar-refractivity contribution is 0.284. The van der Waals surface area contributed by atoms with Crippen LogP contribution in [-0.4, -0.2) is 30.4 Å². The molecule has 1 N–H and O–H groups in total. The van der Waals surface area contributed by atoms with Gasteiger partial charge < -0.3 is 0 Å². The second-order valence-corrected chi connectivity index (χ2v) is 3.43. The summed E-state index contributed by atoms with van der Waals surface area (Å²) < 4.78 is 24.5. The number of rotatable bonds is 6. The minimum Gasteiger partial charge on any atom is -0.284 e. The Morgan fingerprint density at radius 1 is 1.71 bits per heavy atom. The van der Waals surface area contributed by atoms with E-state index in [-0.39, 0.29) is 6.61 Å². The van der Waals surface area contributed by atoms with E-state index in [4.69, 9.17) is 4.55 Å². The molecular weight excluding hydrogens is 206 g/mol. The number of aromatic nitrogens is 3. The van der Waals surface area contributed by atoms with Gasteiger partial charge in [0.15, 0.2) is 0 Å². The zero-order valence-corrected chi connectivity index (χ0v) is 8.74. The molecule has 1 aromatic heterocycles. The lowest BCUT2D eigenvalue weighted by Crippen LogP contribution is -2.07. The highest BCUT2D eigenvalue weighted by molar-refractivity contribution is 7.74. The van der Waals surface area contributed by atoms with Gasteiger partial charge in [0, 0.05) is 6.20 Å². The highest BCUT2D eigenvalue weighted by Gasteiger charge is 2.00. The summed E-state index contributed by atoms with van der Waals surface area (Å²) in [4.78, 5) is 0. The number of aryl methyl sites for hydroxylation is 1. The quantitative estimate of drug-likeness (QED) is 0.700. The van der Waals surface area contributed by atoms with E-state index in [1.807, 2.05) is 6.20 Å². The van der Waals surface area contributed by atoms with E-state index < -0.39 is 11.4 Å². The molecule has 14 heavy (non-hydrogen) atoms. The van der Waals surface area contributed by atoms with Crippen molar-refractivity contribution in [3.8, 4) is 0 Å². The van der Waals surface area contributed by atoms with Crippen LogP contribution >= 0.6 is 0 Å². The van der Waals surface area contributed by atoms with E-state index in [9.17, 15) is 4.21 Å². The molecule has 0 bridgehead atoms. The van der Waals surface area contributed by atoms with Crippen LogP contribution in [0.3, 0.4) is 0 Å². The molecule has 6 nitrogen and oxygen atoms in total. The standard InChI is InChI=1S/C7H13N3O3S/c1-2-3-7-6-10(9-8-7)4-5-13-14(11)12/h6H,2-5H2,1H3,(H,11,12). The molecule has 1 rings (SSSR count). The third-order valence-electron chi connectivity index (χ3n) is 1.60. The molecule has 0 aliphatic rings. The molecule has 0 saturated heterocycles. The SMILES string of the molecule is CCCc1cn(CCOS(=O)O)nn1. The van der Waals surface area contributed by atoms with Gasteiger partial charge in [-0.2, -0.15) is 4.21 Å². The van der Waals surface area contributed by atoms with Crippen LogP contribution in [-0.2, 0) is 28.5 Å². The van der Waals surface area contributed by atoms with Gasteiger partial charge in [0.2, 0.25) is 0 Å². The molecule has 0 spiro atoms. The molecule has 0 aliphatic heterocycles. The Kier molecular flexibility index (Phi) is 4.71. The summed E-state index contributed by atoms with van der Waals surface area (Å²) in [6.07, 6.45) is 3.73. The lowest BCUT2D eigenvalue weighted by Gasteiger charge is -1.97. The normalized spacial score (nSPS) is 13.0. The van der Waals surface area contributed by atoms with Crippen molar-refractivity contribution in [3.63, 3.8) is 0 Å². The molecule has 1 heterocycles. The highest BCUT2D eigenvalue weighted by Crippen LogP contribution is 1.97. The summed E-state index contributed by atoms with van der Waals surface area (Å²) in [6, 6.07) is 0. The molecule has 0 fully saturated rings. The zero-order chi connectivity index (χ0) is 10.4. The van der Waals surface area contributed by atoms with E-state index in [0.29, 0.717) is 6.54 Å². The van der Waals surface area contributed by atoms with Crippen LogP contribution in [0.2, 0.25) is 0 Å². The van der Waals surface area contributed by atoms with Crippen molar-refractivity contribution in [1.29, 1.82) is 0 Å². The van der Waals surface area contributed by atoms with Gasteiger partial charge in [0.25, 0.3) is 0 Å². The van der Waals surface area contributed by atoms with Crippen molar-refractivity contribution < 1.29 is 12.9 Å². The summed E-state index contributed by atoms with van der Waals surface area (Å²) in [5.41, 5.74) is 0.928. The van der Waals surface area contributed by atoms with E-state index >= 15 is 0 Å². The minimum atomic E-state index is -2.20. The first-order valence-corrected chi connectivity index (χ1v) is 5.38. The molecule has 0 radical (unpaired) electrons. The van der Waals surface area contributed by atoms with Crippen molar-refractivity contribution in [2.75, 3.05) is 6.61 Å². The van der Waals surface area contributed by atoms with Crippen LogP contribution in [0.4, 0.5) is 0 Å². The highest BCUT2D eigenvalue weighted by atomic mass is 32.2. The summed E-state index contributed by atoms with van der Waals surface area (Å²) in [5.74, 6) is 0. The first-order valence-electron chi connectivity index (χ1n) is 4.35. The Bertz CT molecular complexity index is 302. The Labute approximate surface area is 84.8 Å². The molecule has 0 saturated carbocycles. The third kappa shape index (κ3) is 3.95. The second kappa shape index (κ2) is 5.84. The van der Waals surface area contributed by atoms with Gasteiger partial charge in [-0.1, -0.05) is 18.6 Å². The van der Waals surface area contributed by atoms with Crippen molar-refractivity contribution in [2.45, 2.75) is 26.3 Å². The monoisotopic (exact) mass is 219 g/mol. The van der Waals surface area contributed by atoms with Gasteiger partial charge in [0.05, 0.1) is 18.8 Å². The Morgan fingerprint density at radius 2 is 2.50 bits per heavy atom. The predicted octanol–water partition coefficient (Wildman–Crippen LogP) is 0.384. The van der Waals surface area contributed by atoms with E-state index in [1.54, 1.807) is 4.68 Å². The lowest BCUT2D eigenvalue weighted by atomic mass is 10.3. The topological polar surface area (TPSA) is 77.2 Å². The summed E-state index contributed by atoms with van der Waals surface area (Å²) in [6.45, 7) is 2.65. The molecule has 7 heteroatoms. The largest absolute Gasteiger partial charge is 0.301 e. The average molecular weight is 219 g/mol. The number of nitrogens with zero attached hydrogens (tertiary/aromatic N) is 3. The van der Waals surface area contributed by atoms with Crippen LogP contribution < -0.4 is 0 Å². The minimum absolute atomic E-state index is 0.151. The van der Waals surface area contributed by atoms with Crippen molar-refractivity contribution in [1.82, 2.24) is 15.0 Å². The fraction of sp³-hybridized carbons (Fsp3) is 0.714. The van der Waals surface area contributed by atoms with E-state index in [2.05, 4.69) is 21.4 Å². The fourth-order valence-corrected chi connectivity index (χ4v) is 1.24. The Hall–Kier alpha value is -0.790. The van der Waals surface area contributed by atoms with E-state index in [1.165, 1.54) is 0 Å². The predicted molar refractivity (Wildman–Crippen MR) is 50.7 cm³/mol. The summed E-state index contributed by atoms with van der Waals surface area (Å²) in [5, 5.41) is 7.76. The van der Waals surface area contributed by atoms with Crippen LogP contribution in [0.5, 0.6) is 0 Å². The van der Waals surface area contributed by atoms with Crippen LogP contribution in [0.1, 0.15) is 19.0 Å². The maximum absolute atomic E-state index is 10.1. The zero-order valence-electron chi connectivity index (χ0n) is 7.92. The fourth-order valence-electron chi connectivity index (χ4n) is 1.02. The molecule has 1 atom stereocenters. The average Bonchev–Trinajstić information content (AvgIpc) is 2.53. The molecule has 80 valence electrons. The molecule has 1 aromatic rings. The van der Waals surface area contributed by atoms with Crippen LogP contribution in [0.25, 0.3) is 0 Å². The van der Waals surface area contributed by atoms with Crippen LogP contribution in [0, 0.1) is 0 Å². The van der Waals surface area contributed by atoms with Crippen LogP contribution in [0.15, 0.2) is 6.20 Å². The Morgan fingerprint density at radius 3 is 3.14 bits per heavy atom. The number of hydrogen-bond acceptors (Lipinski definition) is 4. The smallest absolute Gasteiger partial charge is 0.284 e. The maximum Gasteiger partial charge on any atom is 0.301 e. The van der Waals surface area contributed by atoms with Gasteiger partial charge in [-0.05, 0) is 6.42 Å². The van der Waals surface area contributed by atoms with E-state index in [0.717, 1.165) is 18.5 Å². The summed E-state index contributed by atoms with van der Waals surface area (Å²) >= 11 is -2.20. The molecule has 0 aliphatic carbocycles. The van der Waals surface area contributed by atoms with Gasteiger partial charge in [-0.25, -0.2) is 4.68 Å². The van der Waals surface area contributed by atoms with Gasteiger partial charge in [0.1, 0.15) is 0 Å². The van der Waals surface area contributed by atoms with Gasteiger partial charge in [-0.3, -0.25) is 8.74 Å². The molecule has 1 unspecified atom stereocenters. The second-order valence-electron chi connectivity index (χ2n) is 2.76. The number of hydrogen-bond donors (Lipinski definition) is 1. The van der Waals surface area contributed by atoms with Crippen molar-refractivity contribution >= 4 is 11.4 Å². The van der Waals surface area contributed by atoms with Crippen molar-refractivity contribution in [2.24, 2.45) is 0 Å². The molecule has 0 aromatic carbocycles. The first-order chi connectivity index (χ1) is 6.72. The molecule has 0 amide bonds. The summed E-state index contributed by atoms with van der Waals surface area (Å²) in [7, 11) is 0. The Balaban J connectivity index is 2.32. The first kappa shape index (κ1) is 11.3. The van der Waals surface area contributed by atoms with Crippen molar-refractivity contribution in [3.05, 3.63) is 11.9 Å². The van der Waals surface area contributed by atoms with Gasteiger partial charge >= 0.3 is 11.4 Å². The third-order valence-corrected chi connectivity index (χ3v) is 1.97. The molecular formula is C7H13N3O3S. The maximum atomic E-state index is 10.1.